The largest absolute Gasteiger partial charge is 0.449 e. The molecule has 2 heterocycles. The van der Waals surface area contributed by atoms with Crippen molar-refractivity contribution in [2.24, 2.45) is 0 Å². The summed E-state index contributed by atoms with van der Waals surface area (Å²) in [5.74, 6) is -1.22. The molecule has 0 aliphatic heterocycles. The lowest BCUT2D eigenvalue weighted by atomic mass is 10.1. The number of hydrogen-bond donors (Lipinski definition) is 1. The normalized spacial score (nSPS) is 12.2. The van der Waals surface area contributed by atoms with Gasteiger partial charge in [-0.05, 0) is 38.8 Å². The SMILES string of the molecule is CC(OC(=O)c1cc(C(C)C)nc2c1cnn2C(C)C)C(=O)Nc1cccc([N+](=O)[O-])c1. The summed E-state index contributed by atoms with van der Waals surface area (Å²) in [5.41, 5.74) is 1.64. The van der Waals surface area contributed by atoms with Gasteiger partial charge in [-0.3, -0.25) is 14.9 Å². The maximum atomic E-state index is 13.0. The molecule has 0 spiro atoms. The minimum atomic E-state index is -1.13. The Morgan fingerprint density at radius 1 is 1.16 bits per heavy atom. The third kappa shape index (κ3) is 4.74. The molecule has 10 heteroatoms. The first-order valence-corrected chi connectivity index (χ1v) is 10.2. The second-order valence-electron chi connectivity index (χ2n) is 8.01. The number of amides is 1. The number of benzene rings is 1. The molecule has 32 heavy (non-hydrogen) atoms. The van der Waals surface area contributed by atoms with E-state index in [0.717, 1.165) is 0 Å². The van der Waals surface area contributed by atoms with E-state index in [2.05, 4.69) is 15.4 Å². The summed E-state index contributed by atoms with van der Waals surface area (Å²) in [4.78, 5) is 40.5. The van der Waals surface area contributed by atoms with Gasteiger partial charge in [0.05, 0.1) is 22.1 Å². The number of nitrogens with zero attached hydrogens (tertiary/aromatic N) is 4. The van der Waals surface area contributed by atoms with Crippen LogP contribution < -0.4 is 5.32 Å². The number of carbonyl (C=O) groups excluding carboxylic acids is 2. The van der Waals surface area contributed by atoms with E-state index in [1.54, 1.807) is 16.9 Å². The molecular weight excluding hydrogens is 414 g/mol. The molecule has 1 N–H and O–H groups in total. The number of rotatable bonds is 7. The first-order valence-electron chi connectivity index (χ1n) is 10.2. The molecule has 0 saturated heterocycles. The number of aromatic nitrogens is 3. The average molecular weight is 439 g/mol. The van der Waals surface area contributed by atoms with Crippen molar-refractivity contribution in [2.75, 3.05) is 5.32 Å². The van der Waals surface area contributed by atoms with Crippen molar-refractivity contribution >= 4 is 34.3 Å². The zero-order valence-electron chi connectivity index (χ0n) is 18.5. The number of nitrogens with one attached hydrogen (secondary N) is 1. The third-order valence-electron chi connectivity index (χ3n) is 4.86. The molecule has 0 aliphatic carbocycles. The van der Waals surface area contributed by atoms with Gasteiger partial charge in [0.1, 0.15) is 0 Å². The van der Waals surface area contributed by atoms with Gasteiger partial charge in [-0.2, -0.15) is 5.10 Å². The molecule has 0 saturated carbocycles. The van der Waals surface area contributed by atoms with Crippen LogP contribution in [0.1, 0.15) is 62.6 Å². The van der Waals surface area contributed by atoms with E-state index in [1.165, 1.54) is 31.2 Å². The number of non-ortho nitro benzene ring substituents is 1. The Labute approximate surface area is 184 Å². The van der Waals surface area contributed by atoms with E-state index in [9.17, 15) is 19.7 Å². The Balaban J connectivity index is 1.83. The first-order chi connectivity index (χ1) is 15.1. The van der Waals surface area contributed by atoms with Crippen molar-refractivity contribution in [1.29, 1.82) is 0 Å². The number of ether oxygens (including phenoxy) is 1. The van der Waals surface area contributed by atoms with Crippen molar-refractivity contribution in [3.63, 3.8) is 0 Å². The van der Waals surface area contributed by atoms with Crippen molar-refractivity contribution in [2.45, 2.75) is 52.7 Å². The Bertz CT molecular complexity index is 1180. The Morgan fingerprint density at radius 2 is 1.88 bits per heavy atom. The van der Waals surface area contributed by atoms with E-state index in [4.69, 9.17) is 4.74 Å². The van der Waals surface area contributed by atoms with Crippen LogP contribution in [-0.2, 0) is 9.53 Å². The topological polar surface area (TPSA) is 129 Å². The fourth-order valence-corrected chi connectivity index (χ4v) is 3.10. The van der Waals surface area contributed by atoms with Crippen LogP contribution in [0.2, 0.25) is 0 Å². The predicted molar refractivity (Wildman–Crippen MR) is 119 cm³/mol. The fraction of sp³-hybridized carbons (Fsp3) is 0.364. The van der Waals surface area contributed by atoms with Gasteiger partial charge in [0.15, 0.2) is 11.8 Å². The van der Waals surface area contributed by atoms with E-state index in [1.807, 2.05) is 27.7 Å². The Kier molecular flexibility index (Phi) is 6.52. The lowest BCUT2D eigenvalue weighted by Gasteiger charge is -2.15. The molecule has 1 atom stereocenters. The van der Waals surface area contributed by atoms with E-state index in [0.29, 0.717) is 16.7 Å². The summed E-state index contributed by atoms with van der Waals surface area (Å²) in [7, 11) is 0. The Hall–Kier alpha value is -3.82. The highest BCUT2D eigenvalue weighted by molar-refractivity contribution is 6.04. The van der Waals surface area contributed by atoms with Gasteiger partial charge in [0, 0.05) is 29.6 Å². The molecule has 3 aromatic rings. The minimum absolute atomic E-state index is 0.0471. The fourth-order valence-electron chi connectivity index (χ4n) is 3.10. The van der Waals surface area contributed by atoms with Gasteiger partial charge in [-0.25, -0.2) is 14.5 Å². The summed E-state index contributed by atoms with van der Waals surface area (Å²) < 4.78 is 7.14. The van der Waals surface area contributed by atoms with Gasteiger partial charge >= 0.3 is 5.97 Å². The molecule has 3 rings (SSSR count). The van der Waals surface area contributed by atoms with Crippen molar-refractivity contribution < 1.29 is 19.2 Å². The Morgan fingerprint density at radius 3 is 2.50 bits per heavy atom. The summed E-state index contributed by atoms with van der Waals surface area (Å²) >= 11 is 0. The van der Waals surface area contributed by atoms with Gasteiger partial charge < -0.3 is 10.1 Å². The summed E-state index contributed by atoms with van der Waals surface area (Å²) in [6.45, 7) is 9.30. The van der Waals surface area contributed by atoms with Gasteiger partial charge in [0.25, 0.3) is 11.6 Å². The number of nitro benzene ring substituents is 1. The number of carbonyl (C=O) groups is 2. The van der Waals surface area contributed by atoms with E-state index >= 15 is 0 Å². The maximum absolute atomic E-state index is 13.0. The third-order valence-corrected chi connectivity index (χ3v) is 4.86. The number of hydrogen-bond acceptors (Lipinski definition) is 7. The van der Waals surface area contributed by atoms with Crippen molar-refractivity contribution in [1.82, 2.24) is 14.8 Å². The molecule has 0 bridgehead atoms. The molecule has 2 aromatic heterocycles. The van der Waals surface area contributed by atoms with Crippen LogP contribution in [0.5, 0.6) is 0 Å². The summed E-state index contributed by atoms with van der Waals surface area (Å²) in [6, 6.07) is 7.23. The highest BCUT2D eigenvalue weighted by Crippen LogP contribution is 2.25. The minimum Gasteiger partial charge on any atom is -0.449 e. The predicted octanol–water partition coefficient (Wildman–Crippen LogP) is 4.23. The monoisotopic (exact) mass is 439 g/mol. The zero-order valence-corrected chi connectivity index (χ0v) is 18.5. The van der Waals surface area contributed by atoms with Crippen LogP contribution in [0.4, 0.5) is 11.4 Å². The average Bonchev–Trinajstić information content (AvgIpc) is 3.17. The van der Waals surface area contributed by atoms with Crippen LogP contribution in [0, 0.1) is 10.1 Å². The molecule has 1 aromatic carbocycles. The highest BCUT2D eigenvalue weighted by Gasteiger charge is 2.24. The molecular formula is C22H25N5O5. The molecule has 1 amide bonds. The lowest BCUT2D eigenvalue weighted by Crippen LogP contribution is -2.30. The van der Waals surface area contributed by atoms with Crippen molar-refractivity contribution in [3.05, 3.63) is 57.9 Å². The molecule has 1 unspecified atom stereocenters. The molecule has 0 radical (unpaired) electrons. The second-order valence-corrected chi connectivity index (χ2v) is 8.01. The van der Waals surface area contributed by atoms with Crippen LogP contribution in [0.25, 0.3) is 11.0 Å². The van der Waals surface area contributed by atoms with Crippen LogP contribution in [-0.4, -0.2) is 37.7 Å². The smallest absolute Gasteiger partial charge is 0.339 e. The maximum Gasteiger partial charge on any atom is 0.339 e. The molecule has 168 valence electrons. The van der Waals surface area contributed by atoms with Gasteiger partial charge in [-0.1, -0.05) is 19.9 Å². The van der Waals surface area contributed by atoms with E-state index < -0.39 is 22.9 Å². The number of pyridine rings is 1. The number of fused-ring (bicyclic) bond motifs is 1. The lowest BCUT2D eigenvalue weighted by molar-refractivity contribution is -0.384. The number of esters is 1. The van der Waals surface area contributed by atoms with Gasteiger partial charge in [0.2, 0.25) is 0 Å². The first kappa shape index (κ1) is 22.9. The summed E-state index contributed by atoms with van der Waals surface area (Å²) in [6.07, 6.45) is 0.435. The summed E-state index contributed by atoms with van der Waals surface area (Å²) in [5, 5.41) is 18.3. The van der Waals surface area contributed by atoms with Gasteiger partial charge in [-0.15, -0.1) is 0 Å². The molecule has 0 fully saturated rings. The zero-order chi connectivity index (χ0) is 23.6. The highest BCUT2D eigenvalue weighted by atomic mass is 16.6. The molecule has 0 aliphatic rings. The van der Waals surface area contributed by atoms with Crippen LogP contribution in [0.3, 0.4) is 0 Å². The van der Waals surface area contributed by atoms with Crippen LogP contribution >= 0.6 is 0 Å². The molecule has 10 nitrogen and oxygen atoms in total. The van der Waals surface area contributed by atoms with Crippen LogP contribution in [0.15, 0.2) is 36.5 Å². The number of anilines is 1. The number of nitro groups is 1. The quantitative estimate of drug-likeness (QED) is 0.331. The second kappa shape index (κ2) is 9.13. The van der Waals surface area contributed by atoms with E-state index in [-0.39, 0.29) is 28.9 Å². The van der Waals surface area contributed by atoms with Crippen molar-refractivity contribution in [3.8, 4) is 0 Å². The standard InChI is InChI=1S/C22H25N5O5/c1-12(2)19-10-17(18-11-23-26(13(3)4)20(18)25-19)22(29)32-14(5)21(28)24-15-7-6-8-16(9-15)27(30)31/h6-14H,1-5H3,(H,24,28).